The van der Waals surface area contributed by atoms with E-state index in [2.05, 4.69) is 9.97 Å². The summed E-state index contributed by atoms with van der Waals surface area (Å²) < 4.78 is 18.4. The van der Waals surface area contributed by atoms with Crippen LogP contribution in [0.1, 0.15) is 0 Å². The van der Waals surface area contributed by atoms with Crippen molar-refractivity contribution in [3.8, 4) is 11.5 Å². The lowest BCUT2D eigenvalue weighted by Crippen LogP contribution is -1.91. The molecule has 17 heavy (non-hydrogen) atoms. The Bertz CT molecular complexity index is 677. The number of benzene rings is 1. The molecule has 0 radical (unpaired) electrons. The minimum Gasteiger partial charge on any atom is -0.463 e. The molecule has 0 spiro atoms. The molecule has 84 valence electrons. The van der Waals surface area contributed by atoms with Crippen LogP contribution in [0.3, 0.4) is 0 Å². The fraction of sp³-hybridized carbons (Fsp3) is 0. The summed E-state index contributed by atoms with van der Waals surface area (Å²) in [5, 5.41) is 0.764. The molecule has 0 N–H and O–H groups in total. The van der Waals surface area contributed by atoms with Gasteiger partial charge < -0.3 is 4.42 Å². The van der Waals surface area contributed by atoms with Crippen LogP contribution in [-0.2, 0) is 0 Å². The largest absolute Gasteiger partial charge is 0.463 e. The van der Waals surface area contributed by atoms with E-state index in [0.717, 1.165) is 0 Å². The highest BCUT2D eigenvalue weighted by Gasteiger charge is 2.11. The van der Waals surface area contributed by atoms with Gasteiger partial charge >= 0.3 is 0 Å². The molecule has 0 unspecified atom stereocenters. The lowest BCUT2D eigenvalue weighted by Gasteiger charge is -2.03. The van der Waals surface area contributed by atoms with Crippen molar-refractivity contribution in [2.75, 3.05) is 0 Å². The van der Waals surface area contributed by atoms with Crippen LogP contribution in [0.4, 0.5) is 4.39 Å². The monoisotopic (exact) mass is 248 g/mol. The van der Waals surface area contributed by atoms with Crippen molar-refractivity contribution in [1.29, 1.82) is 0 Å². The Hall–Kier alpha value is -1.94. The standard InChI is InChI=1S/C12H6ClFN2O/c13-12-15-9-6-7(14)3-4-8(9)11(16-12)10-2-1-5-17-10/h1-6H. The number of hydrogen-bond acceptors (Lipinski definition) is 3. The number of halogens is 2. The third-order valence-electron chi connectivity index (χ3n) is 2.39. The second kappa shape index (κ2) is 3.82. The first kappa shape index (κ1) is 10.2. The Kier molecular flexibility index (Phi) is 2.30. The molecule has 1 aromatic carbocycles. The molecule has 0 fully saturated rings. The van der Waals surface area contributed by atoms with Crippen molar-refractivity contribution in [2.45, 2.75) is 0 Å². The Balaban J connectivity index is 2.38. The maximum Gasteiger partial charge on any atom is 0.223 e. The molecule has 0 aliphatic carbocycles. The Morgan fingerprint density at radius 3 is 2.82 bits per heavy atom. The lowest BCUT2D eigenvalue weighted by molar-refractivity contribution is 0.580. The van der Waals surface area contributed by atoms with E-state index < -0.39 is 0 Å². The van der Waals surface area contributed by atoms with Crippen molar-refractivity contribution in [3.05, 3.63) is 47.7 Å². The zero-order valence-electron chi connectivity index (χ0n) is 8.52. The van der Waals surface area contributed by atoms with Crippen molar-refractivity contribution in [2.24, 2.45) is 0 Å². The predicted octanol–water partition coefficient (Wildman–Crippen LogP) is 3.68. The van der Waals surface area contributed by atoms with E-state index in [9.17, 15) is 4.39 Å². The molecule has 3 rings (SSSR count). The summed E-state index contributed by atoms with van der Waals surface area (Å²) in [5.41, 5.74) is 1.02. The number of furan rings is 1. The van der Waals surface area contributed by atoms with Gasteiger partial charge in [0.1, 0.15) is 11.5 Å². The average molecular weight is 249 g/mol. The van der Waals surface area contributed by atoms with Crippen LogP contribution in [0.5, 0.6) is 0 Å². The molecule has 3 aromatic rings. The van der Waals surface area contributed by atoms with Crippen LogP contribution in [-0.4, -0.2) is 9.97 Å². The van der Waals surface area contributed by atoms with Crippen LogP contribution in [0.25, 0.3) is 22.4 Å². The number of nitrogens with zero attached hydrogens (tertiary/aromatic N) is 2. The number of rotatable bonds is 1. The summed E-state index contributed by atoms with van der Waals surface area (Å²) in [6.07, 6.45) is 1.54. The third-order valence-corrected chi connectivity index (χ3v) is 2.56. The highest BCUT2D eigenvalue weighted by atomic mass is 35.5. The highest BCUT2D eigenvalue weighted by Crippen LogP contribution is 2.27. The smallest absolute Gasteiger partial charge is 0.223 e. The molecule has 5 heteroatoms. The first-order valence-corrected chi connectivity index (χ1v) is 5.28. The topological polar surface area (TPSA) is 38.9 Å². The fourth-order valence-electron chi connectivity index (χ4n) is 1.68. The maximum atomic E-state index is 13.1. The number of aromatic nitrogens is 2. The molecule has 0 aliphatic rings. The van der Waals surface area contributed by atoms with Gasteiger partial charge in [-0.25, -0.2) is 14.4 Å². The average Bonchev–Trinajstić information content (AvgIpc) is 2.80. The van der Waals surface area contributed by atoms with Crippen LogP contribution in [0, 0.1) is 5.82 Å². The number of fused-ring (bicyclic) bond motifs is 1. The molecule has 0 aliphatic heterocycles. The normalized spacial score (nSPS) is 10.9. The minimum atomic E-state index is -0.363. The zero-order valence-corrected chi connectivity index (χ0v) is 9.28. The van der Waals surface area contributed by atoms with Gasteiger partial charge in [-0.2, -0.15) is 0 Å². The van der Waals surface area contributed by atoms with Crippen molar-refractivity contribution in [1.82, 2.24) is 9.97 Å². The van der Waals surface area contributed by atoms with Crippen LogP contribution >= 0.6 is 11.6 Å². The van der Waals surface area contributed by atoms with Gasteiger partial charge in [0.25, 0.3) is 0 Å². The SMILES string of the molecule is Fc1ccc2c(-c3ccco3)nc(Cl)nc2c1. The predicted molar refractivity (Wildman–Crippen MR) is 62.2 cm³/mol. The van der Waals surface area contributed by atoms with Crippen molar-refractivity contribution < 1.29 is 8.81 Å². The van der Waals surface area contributed by atoms with Crippen molar-refractivity contribution in [3.63, 3.8) is 0 Å². The molecule has 2 aromatic heterocycles. The van der Waals surface area contributed by atoms with Gasteiger partial charge in [0.15, 0.2) is 5.76 Å². The Labute approximate surface area is 101 Å². The van der Waals surface area contributed by atoms with E-state index in [1.54, 1.807) is 24.5 Å². The first-order valence-electron chi connectivity index (χ1n) is 4.91. The number of hydrogen-bond donors (Lipinski definition) is 0. The highest BCUT2D eigenvalue weighted by molar-refractivity contribution is 6.28. The molecule has 0 amide bonds. The Morgan fingerprint density at radius 2 is 2.06 bits per heavy atom. The fourth-order valence-corrected chi connectivity index (χ4v) is 1.85. The van der Waals surface area contributed by atoms with Gasteiger partial charge in [-0.05, 0) is 35.9 Å². The summed E-state index contributed by atoms with van der Waals surface area (Å²) in [6, 6.07) is 7.79. The first-order chi connectivity index (χ1) is 8.24. The van der Waals surface area contributed by atoms with E-state index in [1.807, 2.05) is 0 Å². The van der Waals surface area contributed by atoms with E-state index in [4.69, 9.17) is 16.0 Å². The second-order valence-corrected chi connectivity index (χ2v) is 3.82. The molecular formula is C12H6ClFN2O. The van der Waals surface area contributed by atoms with Gasteiger partial charge in [0, 0.05) is 11.5 Å². The molecule has 2 heterocycles. The van der Waals surface area contributed by atoms with Gasteiger partial charge in [-0.1, -0.05) is 0 Å². The van der Waals surface area contributed by atoms with Gasteiger partial charge in [0.05, 0.1) is 11.8 Å². The molecular weight excluding hydrogens is 243 g/mol. The molecule has 3 nitrogen and oxygen atoms in total. The quantitative estimate of drug-likeness (QED) is 0.617. The van der Waals surface area contributed by atoms with E-state index in [1.165, 1.54) is 12.1 Å². The molecule has 0 saturated heterocycles. The van der Waals surface area contributed by atoms with E-state index in [0.29, 0.717) is 22.4 Å². The van der Waals surface area contributed by atoms with Gasteiger partial charge in [-0.3, -0.25) is 0 Å². The Morgan fingerprint density at radius 1 is 1.18 bits per heavy atom. The second-order valence-electron chi connectivity index (χ2n) is 3.48. The molecule has 0 bridgehead atoms. The van der Waals surface area contributed by atoms with Crippen LogP contribution in [0.15, 0.2) is 41.0 Å². The summed E-state index contributed by atoms with van der Waals surface area (Å²) >= 11 is 5.81. The molecule has 0 saturated carbocycles. The summed E-state index contributed by atoms with van der Waals surface area (Å²) in [6.45, 7) is 0. The maximum absolute atomic E-state index is 13.1. The third kappa shape index (κ3) is 1.76. The van der Waals surface area contributed by atoms with Crippen LogP contribution in [0.2, 0.25) is 5.28 Å². The zero-order chi connectivity index (χ0) is 11.8. The molecule has 0 atom stereocenters. The summed E-state index contributed by atoms with van der Waals surface area (Å²) in [7, 11) is 0. The summed E-state index contributed by atoms with van der Waals surface area (Å²) in [4.78, 5) is 8.09. The van der Waals surface area contributed by atoms with Crippen molar-refractivity contribution >= 4 is 22.5 Å². The van der Waals surface area contributed by atoms with E-state index in [-0.39, 0.29) is 11.1 Å². The van der Waals surface area contributed by atoms with Crippen LogP contribution < -0.4 is 0 Å². The summed E-state index contributed by atoms with van der Waals surface area (Å²) in [5.74, 6) is 0.212. The van der Waals surface area contributed by atoms with E-state index >= 15 is 0 Å². The minimum absolute atomic E-state index is 0.0644. The van der Waals surface area contributed by atoms with Gasteiger partial charge in [-0.15, -0.1) is 0 Å². The van der Waals surface area contributed by atoms with Gasteiger partial charge in [0.2, 0.25) is 5.28 Å². The lowest BCUT2D eigenvalue weighted by atomic mass is 10.1.